The van der Waals surface area contributed by atoms with Gasteiger partial charge in [-0.25, -0.2) is 13.6 Å². The van der Waals surface area contributed by atoms with Crippen molar-refractivity contribution in [3.05, 3.63) is 51.5 Å². The highest BCUT2D eigenvalue weighted by Gasteiger charge is 2.64. The topological polar surface area (TPSA) is 159 Å². The zero-order valence-electron chi connectivity index (χ0n) is 16.0. The Morgan fingerprint density at radius 1 is 1.41 bits per heavy atom. The highest BCUT2D eigenvalue weighted by molar-refractivity contribution is 7.55. The molecule has 5 N–H and O–H groups in total. The van der Waals surface area contributed by atoms with Crippen LogP contribution in [0, 0.1) is 0 Å². The van der Waals surface area contributed by atoms with Crippen molar-refractivity contribution in [3.63, 3.8) is 0 Å². The van der Waals surface area contributed by atoms with Crippen LogP contribution < -0.4 is 15.9 Å². The normalized spacial score (nSPS) is 32.0. The van der Waals surface area contributed by atoms with Crippen LogP contribution in [0.3, 0.4) is 0 Å². The number of anilines is 1. The summed E-state index contributed by atoms with van der Waals surface area (Å²) < 4.78 is 49.7. The van der Waals surface area contributed by atoms with Crippen molar-refractivity contribution in [2.24, 2.45) is 0 Å². The minimum absolute atomic E-state index is 0.109. The van der Waals surface area contributed by atoms with E-state index in [1.165, 1.54) is 6.07 Å². The molecule has 4 rings (SSSR count). The number of alkyl halides is 2. The lowest BCUT2D eigenvalue weighted by atomic mass is 9.96. The monoisotopic (exact) mass is 496 g/mol. The van der Waals surface area contributed by atoms with E-state index >= 15 is 0 Å². The Labute approximate surface area is 184 Å². The molecule has 1 unspecified atom stereocenters. The van der Waals surface area contributed by atoms with Gasteiger partial charge in [-0.1, -0.05) is 29.8 Å². The van der Waals surface area contributed by atoms with Gasteiger partial charge in [0.15, 0.2) is 17.6 Å². The van der Waals surface area contributed by atoms with E-state index in [0.29, 0.717) is 10.1 Å². The number of aromatic nitrogens is 2. The molecule has 32 heavy (non-hydrogen) atoms. The summed E-state index contributed by atoms with van der Waals surface area (Å²) in [5.74, 6) is -0.0797. The third kappa shape index (κ3) is 3.95. The van der Waals surface area contributed by atoms with Gasteiger partial charge in [0.05, 0.1) is 5.02 Å². The van der Waals surface area contributed by atoms with Crippen LogP contribution in [0.1, 0.15) is 11.8 Å². The number of aliphatic hydroxyl groups is 2. The molecule has 0 aliphatic carbocycles. The van der Waals surface area contributed by atoms with E-state index in [4.69, 9.17) is 35.6 Å². The number of para-hydroxylation sites is 1. The maximum Gasteiger partial charge on any atom is 0.619 e. The molecule has 11 nitrogen and oxygen atoms in total. The van der Waals surface area contributed by atoms with Crippen LogP contribution >= 0.6 is 19.8 Å². The molecule has 2 aromatic rings. The van der Waals surface area contributed by atoms with E-state index < -0.39 is 50.9 Å². The molecule has 0 radical (unpaired) electrons. The highest BCUT2D eigenvalue weighted by Crippen LogP contribution is 2.62. The molecule has 1 aromatic heterocycles. The van der Waals surface area contributed by atoms with Crippen LogP contribution in [0.5, 0.6) is 5.75 Å². The second kappa shape index (κ2) is 8.43. The Bertz CT molecular complexity index is 1080. The summed E-state index contributed by atoms with van der Waals surface area (Å²) in [7, 11) is -4.12. The number of aliphatic hydroxyl groups excluding tert-OH is 2. The molecule has 5 atom stereocenters. The molecule has 1 fully saturated rings. The first kappa shape index (κ1) is 23.2. The van der Waals surface area contributed by atoms with E-state index in [1.54, 1.807) is 18.2 Å². The molecule has 2 aliphatic rings. The van der Waals surface area contributed by atoms with Gasteiger partial charge in [0, 0.05) is 11.8 Å². The Kier molecular flexibility index (Phi) is 6.11. The summed E-state index contributed by atoms with van der Waals surface area (Å²) in [5, 5.41) is 20.6. The average Bonchev–Trinajstić information content (AvgIpc) is 3.01. The van der Waals surface area contributed by atoms with Crippen molar-refractivity contribution < 1.29 is 42.2 Å². The minimum atomic E-state index is -4.12. The van der Waals surface area contributed by atoms with Crippen molar-refractivity contribution in [1.82, 2.24) is 9.55 Å². The molecular formula is C17H18ClF2N3O8P+. The number of hydrogen-bond donors (Lipinski definition) is 4. The number of nitrogens with zero attached hydrogens (tertiary/aromatic N) is 2. The van der Waals surface area contributed by atoms with Crippen LogP contribution in [0.4, 0.5) is 14.6 Å². The summed E-state index contributed by atoms with van der Waals surface area (Å²) in [6.45, 7) is -1.25. The van der Waals surface area contributed by atoms with Crippen LogP contribution in [-0.2, 0) is 20.4 Å². The van der Waals surface area contributed by atoms with Gasteiger partial charge in [0.25, 0.3) is 6.43 Å². The summed E-state index contributed by atoms with van der Waals surface area (Å²) in [4.78, 5) is 26.1. The Morgan fingerprint density at radius 3 is 2.84 bits per heavy atom. The highest BCUT2D eigenvalue weighted by atomic mass is 35.5. The standard InChI is InChI=1S/C17H17ClF2N3O8P/c18-9-5-23(16(26)22-13(9)21)14-11(24)12(25)17(30-14,15(19)20)7-29-32(27)28-6-8-3-1-2-4-10(8)31-32/h1-5,11-12,14-15,24-25,27H,6-7H2,(H-,21,22,26)/p+1/t11-,12+,14-,17-,32?/m1/s1. The van der Waals surface area contributed by atoms with Crippen molar-refractivity contribution in [3.8, 4) is 5.75 Å². The van der Waals surface area contributed by atoms with Gasteiger partial charge < -0.3 is 20.7 Å². The summed E-state index contributed by atoms with van der Waals surface area (Å²) >= 11 is 5.82. The van der Waals surface area contributed by atoms with Crippen LogP contribution in [0.2, 0.25) is 5.02 Å². The lowest BCUT2D eigenvalue weighted by Crippen LogP contribution is -2.52. The van der Waals surface area contributed by atoms with Crippen LogP contribution in [-0.4, -0.2) is 55.5 Å². The lowest BCUT2D eigenvalue weighted by Gasteiger charge is -2.31. The number of benzene rings is 1. The predicted octanol–water partition coefficient (Wildman–Crippen LogP) is 1.03. The van der Waals surface area contributed by atoms with Gasteiger partial charge in [-0.15, -0.1) is 9.05 Å². The zero-order valence-corrected chi connectivity index (χ0v) is 17.7. The number of hydrogen-bond acceptors (Lipinski definition) is 10. The summed E-state index contributed by atoms with van der Waals surface area (Å²) in [5.41, 5.74) is 2.12. The molecule has 2 aliphatic heterocycles. The average molecular weight is 497 g/mol. The van der Waals surface area contributed by atoms with Gasteiger partial charge in [-0.3, -0.25) is 9.09 Å². The van der Waals surface area contributed by atoms with Crippen molar-refractivity contribution in [2.45, 2.75) is 37.1 Å². The fourth-order valence-corrected chi connectivity index (χ4v) is 4.71. The molecule has 174 valence electrons. The fourth-order valence-electron chi connectivity index (χ4n) is 3.29. The Balaban J connectivity index is 1.59. The first-order valence-corrected chi connectivity index (χ1v) is 11.0. The first-order chi connectivity index (χ1) is 15.1. The van der Waals surface area contributed by atoms with E-state index in [9.17, 15) is 28.7 Å². The molecular weight excluding hydrogens is 479 g/mol. The Hall–Kier alpha value is -1.96. The Morgan fingerprint density at radius 2 is 2.12 bits per heavy atom. The maximum atomic E-state index is 14.1. The first-order valence-electron chi connectivity index (χ1n) is 9.11. The maximum absolute atomic E-state index is 14.1. The van der Waals surface area contributed by atoms with Crippen LogP contribution in [0.15, 0.2) is 35.3 Å². The quantitative estimate of drug-likeness (QED) is 0.440. The SMILES string of the molecule is Nc1nc(=O)n([C@@H]2O[C@@](CO[P+]3(O)OCc4ccccc4O3)(C(F)F)[C@@H](O)[C@H]2O)cc1Cl. The second-order valence-electron chi connectivity index (χ2n) is 7.08. The minimum Gasteiger partial charge on any atom is -0.387 e. The third-order valence-corrected chi connectivity index (χ3v) is 6.69. The van der Waals surface area contributed by atoms with E-state index in [0.717, 1.165) is 6.20 Å². The molecule has 1 aromatic carbocycles. The second-order valence-corrected chi connectivity index (χ2v) is 9.12. The molecule has 0 amide bonds. The van der Waals surface area contributed by atoms with Gasteiger partial charge in [-0.05, 0) is 6.07 Å². The van der Waals surface area contributed by atoms with Gasteiger partial charge in [0.1, 0.15) is 31.2 Å². The number of ether oxygens (including phenoxy) is 1. The number of fused-ring (bicyclic) bond motifs is 1. The third-order valence-electron chi connectivity index (χ3n) is 5.06. The smallest absolute Gasteiger partial charge is 0.387 e. The van der Waals surface area contributed by atoms with Crippen molar-refractivity contribution in [2.75, 3.05) is 12.3 Å². The summed E-state index contributed by atoms with van der Waals surface area (Å²) in [6.07, 6.45) is -8.54. The molecule has 0 bridgehead atoms. The van der Waals surface area contributed by atoms with E-state index in [2.05, 4.69) is 4.98 Å². The largest absolute Gasteiger partial charge is 0.619 e. The molecule has 3 heterocycles. The number of halogens is 3. The van der Waals surface area contributed by atoms with Gasteiger partial charge in [-0.2, -0.15) is 9.88 Å². The van der Waals surface area contributed by atoms with E-state index in [1.807, 2.05) is 0 Å². The molecule has 15 heteroatoms. The molecule has 1 saturated heterocycles. The van der Waals surface area contributed by atoms with Crippen molar-refractivity contribution >= 4 is 25.6 Å². The number of nitrogen functional groups attached to an aromatic ring is 1. The molecule has 0 spiro atoms. The zero-order chi connectivity index (χ0) is 23.3. The number of rotatable bonds is 5. The van der Waals surface area contributed by atoms with Crippen molar-refractivity contribution in [1.29, 1.82) is 0 Å². The van der Waals surface area contributed by atoms with Gasteiger partial charge in [0.2, 0.25) is 0 Å². The lowest BCUT2D eigenvalue weighted by molar-refractivity contribution is -0.195. The fraction of sp³-hybridized carbons (Fsp3) is 0.412. The van der Waals surface area contributed by atoms with Crippen LogP contribution in [0.25, 0.3) is 0 Å². The number of nitrogens with two attached hydrogens (primary N) is 1. The van der Waals surface area contributed by atoms with Gasteiger partial charge >= 0.3 is 13.9 Å². The summed E-state index contributed by atoms with van der Waals surface area (Å²) in [6, 6.07) is 6.54. The predicted molar refractivity (Wildman–Crippen MR) is 106 cm³/mol. The van der Waals surface area contributed by atoms with E-state index in [-0.39, 0.29) is 23.2 Å². The molecule has 0 saturated carbocycles.